The van der Waals surface area contributed by atoms with Crippen LogP contribution in [-0.4, -0.2) is 23.3 Å². The van der Waals surface area contributed by atoms with E-state index in [1.807, 2.05) is 13.8 Å². The number of ether oxygens (including phenoxy) is 1. The third kappa shape index (κ3) is 3.06. The number of aromatic hydroxyl groups is 2. The second-order valence-electron chi connectivity index (χ2n) is 5.83. The molecule has 0 unspecified atom stereocenters. The highest BCUT2D eigenvalue weighted by Gasteiger charge is 2.39. The van der Waals surface area contributed by atoms with Crippen molar-refractivity contribution in [3.63, 3.8) is 0 Å². The number of hydrogen-bond donors (Lipinski definition) is 2. The summed E-state index contributed by atoms with van der Waals surface area (Å²) in [4.78, 5) is 12.2. The van der Waals surface area contributed by atoms with Crippen molar-refractivity contribution in [2.45, 2.75) is 19.8 Å². The van der Waals surface area contributed by atoms with Crippen LogP contribution in [-0.2, 0) is 9.53 Å². The largest absolute Gasteiger partial charge is 0.508 e. The Morgan fingerprint density at radius 3 is 1.59 bits per heavy atom. The Hall–Kier alpha value is -2.49. The molecule has 116 valence electrons. The van der Waals surface area contributed by atoms with Gasteiger partial charge in [0.05, 0.1) is 12.5 Å². The summed E-state index contributed by atoms with van der Waals surface area (Å²) < 4.78 is 4.95. The smallest absolute Gasteiger partial charge is 0.312 e. The molecule has 2 rings (SSSR count). The molecule has 4 nitrogen and oxygen atoms in total. The van der Waals surface area contributed by atoms with Crippen LogP contribution in [0.4, 0.5) is 0 Å². The molecule has 0 aliphatic carbocycles. The van der Waals surface area contributed by atoms with Crippen LogP contribution >= 0.6 is 0 Å². The van der Waals surface area contributed by atoms with Gasteiger partial charge in [-0.2, -0.15) is 0 Å². The molecule has 0 aliphatic heterocycles. The van der Waals surface area contributed by atoms with Crippen LogP contribution < -0.4 is 0 Å². The monoisotopic (exact) mass is 300 g/mol. The van der Waals surface area contributed by atoms with Crippen molar-refractivity contribution in [3.8, 4) is 11.5 Å². The van der Waals surface area contributed by atoms with Crippen molar-refractivity contribution in [1.82, 2.24) is 0 Å². The topological polar surface area (TPSA) is 66.8 Å². The van der Waals surface area contributed by atoms with Crippen molar-refractivity contribution in [3.05, 3.63) is 59.7 Å². The average molecular weight is 300 g/mol. The van der Waals surface area contributed by atoms with Gasteiger partial charge in [0.25, 0.3) is 0 Å². The van der Waals surface area contributed by atoms with Gasteiger partial charge >= 0.3 is 5.97 Å². The van der Waals surface area contributed by atoms with Gasteiger partial charge in [-0.25, -0.2) is 0 Å². The van der Waals surface area contributed by atoms with Gasteiger partial charge < -0.3 is 14.9 Å². The summed E-state index contributed by atoms with van der Waals surface area (Å²) >= 11 is 0. The third-order valence-electron chi connectivity index (χ3n) is 3.89. The molecule has 0 bridgehead atoms. The van der Waals surface area contributed by atoms with Crippen molar-refractivity contribution in [2.75, 3.05) is 7.11 Å². The van der Waals surface area contributed by atoms with Gasteiger partial charge in [-0.15, -0.1) is 0 Å². The van der Waals surface area contributed by atoms with E-state index in [1.54, 1.807) is 48.5 Å². The lowest BCUT2D eigenvalue weighted by Gasteiger charge is -2.32. The van der Waals surface area contributed by atoms with E-state index >= 15 is 0 Å². The van der Waals surface area contributed by atoms with E-state index in [-0.39, 0.29) is 23.4 Å². The molecule has 0 amide bonds. The predicted molar refractivity (Wildman–Crippen MR) is 83.9 cm³/mol. The Labute approximate surface area is 130 Å². The molecule has 0 heterocycles. The Morgan fingerprint density at radius 1 is 0.909 bits per heavy atom. The molecule has 22 heavy (non-hydrogen) atoms. The average Bonchev–Trinajstić information content (AvgIpc) is 2.50. The van der Waals surface area contributed by atoms with Crippen LogP contribution in [0.3, 0.4) is 0 Å². The number of rotatable bonds is 4. The van der Waals surface area contributed by atoms with E-state index in [9.17, 15) is 15.0 Å². The Kier molecular flexibility index (Phi) is 4.40. The number of phenolic OH excluding ortho intramolecular Hbond substituents is 2. The Morgan fingerprint density at radius 2 is 1.27 bits per heavy atom. The maximum atomic E-state index is 12.2. The fraction of sp³-hybridized carbons (Fsp3) is 0.278. The molecule has 2 aromatic carbocycles. The fourth-order valence-corrected chi connectivity index (χ4v) is 2.74. The summed E-state index contributed by atoms with van der Waals surface area (Å²) in [5.74, 6) is -0.243. The van der Waals surface area contributed by atoms with E-state index in [2.05, 4.69) is 0 Å². The molecule has 0 aromatic heterocycles. The minimum atomic E-state index is -0.803. The SMILES string of the molecule is COC(=O)C(C)(C)C(c1ccc(O)cc1)c1ccc(O)cc1. The van der Waals surface area contributed by atoms with Gasteiger partial charge in [0.2, 0.25) is 0 Å². The Balaban J connectivity index is 2.56. The van der Waals surface area contributed by atoms with E-state index in [0.717, 1.165) is 11.1 Å². The highest BCUT2D eigenvalue weighted by atomic mass is 16.5. The molecule has 2 N–H and O–H groups in total. The highest BCUT2D eigenvalue weighted by molar-refractivity contribution is 5.78. The number of phenols is 2. The first-order valence-electron chi connectivity index (χ1n) is 7.02. The van der Waals surface area contributed by atoms with E-state index < -0.39 is 5.41 Å². The highest BCUT2D eigenvalue weighted by Crippen LogP contribution is 2.42. The molecule has 0 spiro atoms. The lowest BCUT2D eigenvalue weighted by molar-refractivity contribution is -0.151. The molecule has 0 atom stereocenters. The second kappa shape index (κ2) is 6.10. The van der Waals surface area contributed by atoms with Crippen LogP contribution in [0.25, 0.3) is 0 Å². The van der Waals surface area contributed by atoms with Gasteiger partial charge in [0, 0.05) is 5.92 Å². The first kappa shape index (κ1) is 15.9. The van der Waals surface area contributed by atoms with Gasteiger partial charge in [-0.3, -0.25) is 4.79 Å². The normalized spacial score (nSPS) is 11.5. The molecule has 0 radical (unpaired) electrons. The Bertz CT molecular complexity index is 596. The van der Waals surface area contributed by atoms with Gasteiger partial charge in [0.15, 0.2) is 0 Å². The lowest BCUT2D eigenvalue weighted by atomic mass is 9.71. The van der Waals surface area contributed by atoms with Crippen molar-refractivity contribution in [2.24, 2.45) is 5.41 Å². The number of benzene rings is 2. The van der Waals surface area contributed by atoms with Crippen LogP contribution in [0.1, 0.15) is 30.9 Å². The van der Waals surface area contributed by atoms with E-state index in [0.29, 0.717) is 0 Å². The number of esters is 1. The zero-order valence-electron chi connectivity index (χ0n) is 12.9. The number of carbonyl (C=O) groups is 1. The van der Waals surface area contributed by atoms with Gasteiger partial charge in [-0.05, 0) is 49.2 Å². The minimum Gasteiger partial charge on any atom is -0.508 e. The summed E-state index contributed by atoms with van der Waals surface area (Å²) in [7, 11) is 1.37. The second-order valence-corrected chi connectivity index (χ2v) is 5.83. The summed E-state index contributed by atoms with van der Waals surface area (Å²) in [5, 5.41) is 19.0. The zero-order chi connectivity index (χ0) is 16.3. The molecule has 2 aromatic rings. The summed E-state index contributed by atoms with van der Waals surface area (Å²) in [6.45, 7) is 3.65. The van der Waals surface area contributed by atoms with Crippen LogP contribution in [0.5, 0.6) is 11.5 Å². The third-order valence-corrected chi connectivity index (χ3v) is 3.89. The van der Waals surface area contributed by atoms with Crippen LogP contribution in [0.15, 0.2) is 48.5 Å². The molecule has 0 saturated heterocycles. The fourth-order valence-electron chi connectivity index (χ4n) is 2.74. The summed E-state index contributed by atoms with van der Waals surface area (Å²) in [6.07, 6.45) is 0. The van der Waals surface area contributed by atoms with Crippen LogP contribution in [0, 0.1) is 5.41 Å². The predicted octanol–water partition coefficient (Wildman–Crippen LogP) is 3.43. The minimum absolute atomic E-state index is 0.170. The molecule has 0 aliphatic rings. The van der Waals surface area contributed by atoms with E-state index in [4.69, 9.17) is 4.74 Å². The number of carbonyl (C=O) groups excluding carboxylic acids is 1. The maximum absolute atomic E-state index is 12.2. The van der Waals surface area contributed by atoms with Crippen molar-refractivity contribution < 1.29 is 19.7 Å². The molecular weight excluding hydrogens is 280 g/mol. The van der Waals surface area contributed by atoms with Crippen LogP contribution in [0.2, 0.25) is 0 Å². The standard InChI is InChI=1S/C18H20O4/c1-18(2,17(21)22-3)16(12-4-8-14(19)9-5-12)13-6-10-15(20)11-7-13/h4-11,16,19-20H,1-3H3. The first-order valence-corrected chi connectivity index (χ1v) is 7.02. The lowest BCUT2D eigenvalue weighted by Crippen LogP contribution is -2.33. The zero-order valence-corrected chi connectivity index (χ0v) is 12.9. The van der Waals surface area contributed by atoms with E-state index in [1.165, 1.54) is 7.11 Å². The number of methoxy groups -OCH3 is 1. The van der Waals surface area contributed by atoms with Crippen molar-refractivity contribution >= 4 is 5.97 Å². The van der Waals surface area contributed by atoms with Gasteiger partial charge in [-0.1, -0.05) is 24.3 Å². The summed E-state index contributed by atoms with van der Waals surface area (Å²) in [6, 6.07) is 13.5. The first-order chi connectivity index (χ1) is 10.4. The van der Waals surface area contributed by atoms with Crippen molar-refractivity contribution in [1.29, 1.82) is 0 Å². The maximum Gasteiger partial charge on any atom is 0.312 e. The quantitative estimate of drug-likeness (QED) is 0.849. The molecule has 4 heteroatoms. The van der Waals surface area contributed by atoms with Gasteiger partial charge in [0.1, 0.15) is 11.5 Å². The molecular formula is C18H20O4. The number of hydrogen-bond acceptors (Lipinski definition) is 4. The summed E-state index contributed by atoms with van der Waals surface area (Å²) in [5.41, 5.74) is 0.973. The molecule has 0 fully saturated rings. The molecule has 0 saturated carbocycles.